The summed E-state index contributed by atoms with van der Waals surface area (Å²) in [6, 6.07) is 18.2. The molecular formula is C26H26N4O3. The normalized spacial score (nSPS) is 13.5. The predicted molar refractivity (Wildman–Crippen MR) is 128 cm³/mol. The number of ether oxygens (including phenoxy) is 2. The fraction of sp³-hybridized carbons (Fsp3) is 0.269. The lowest BCUT2D eigenvalue weighted by molar-refractivity contribution is 0.215. The second-order valence-electron chi connectivity index (χ2n) is 7.87. The molecule has 2 aromatic carbocycles. The number of nitriles is 1. The number of nitrogens with zero attached hydrogens (tertiary/aromatic N) is 3. The highest BCUT2D eigenvalue weighted by Gasteiger charge is 2.13. The van der Waals surface area contributed by atoms with Crippen LogP contribution in [-0.2, 0) is 0 Å². The maximum Gasteiger partial charge on any atom is 0.417 e. The quantitative estimate of drug-likeness (QED) is 0.552. The number of rotatable bonds is 5. The average Bonchev–Trinajstić information content (AvgIpc) is 3.14. The van der Waals surface area contributed by atoms with Crippen molar-refractivity contribution < 1.29 is 14.3 Å². The molecule has 0 aliphatic carbocycles. The summed E-state index contributed by atoms with van der Waals surface area (Å²) >= 11 is 0. The molecule has 0 radical (unpaired) electrons. The summed E-state index contributed by atoms with van der Waals surface area (Å²) in [5.41, 5.74) is 2.75. The van der Waals surface area contributed by atoms with Gasteiger partial charge < -0.3 is 14.4 Å². The monoisotopic (exact) mass is 442 g/mol. The number of hydrogen-bond acceptors (Lipinski definition) is 6. The summed E-state index contributed by atoms with van der Waals surface area (Å²) < 4.78 is 10.9. The van der Waals surface area contributed by atoms with E-state index in [1.165, 1.54) is 25.7 Å². The van der Waals surface area contributed by atoms with E-state index in [9.17, 15) is 4.79 Å². The molecule has 0 unspecified atom stereocenters. The van der Waals surface area contributed by atoms with E-state index < -0.39 is 6.09 Å². The predicted octanol–water partition coefficient (Wildman–Crippen LogP) is 5.62. The molecule has 7 heteroatoms. The molecule has 1 amide bonds. The van der Waals surface area contributed by atoms with Crippen molar-refractivity contribution in [3.63, 3.8) is 0 Å². The second-order valence-corrected chi connectivity index (χ2v) is 7.87. The van der Waals surface area contributed by atoms with E-state index in [4.69, 9.17) is 14.7 Å². The van der Waals surface area contributed by atoms with Gasteiger partial charge >= 0.3 is 6.09 Å². The SMILES string of the molecule is COc1ccc(OC(=O)Nc2ccc(N3CCCCCC3)nc2)cc1-c1ccc(C#N)cc1. The number of carbonyl (C=O) groups excluding carboxylic acids is 1. The lowest BCUT2D eigenvalue weighted by atomic mass is 10.0. The van der Waals surface area contributed by atoms with Crippen LogP contribution in [-0.4, -0.2) is 31.3 Å². The first-order chi connectivity index (χ1) is 16.2. The Bertz CT molecular complexity index is 1130. The molecule has 2 heterocycles. The average molecular weight is 443 g/mol. The first-order valence-electron chi connectivity index (χ1n) is 11.0. The number of methoxy groups -OCH3 is 1. The highest BCUT2D eigenvalue weighted by molar-refractivity contribution is 5.86. The molecule has 0 spiro atoms. The summed E-state index contributed by atoms with van der Waals surface area (Å²) in [7, 11) is 1.58. The minimum atomic E-state index is -0.602. The highest BCUT2D eigenvalue weighted by Crippen LogP contribution is 2.33. The molecule has 3 aromatic rings. The Morgan fingerprint density at radius 3 is 2.42 bits per heavy atom. The van der Waals surface area contributed by atoms with Crippen LogP contribution in [0.15, 0.2) is 60.8 Å². The molecule has 1 aliphatic rings. The number of benzene rings is 2. The van der Waals surface area contributed by atoms with Gasteiger partial charge in [0.2, 0.25) is 0 Å². The third-order valence-corrected chi connectivity index (χ3v) is 5.63. The summed E-state index contributed by atoms with van der Waals surface area (Å²) in [5.74, 6) is 1.95. The van der Waals surface area contributed by atoms with Crippen LogP contribution in [0.4, 0.5) is 16.3 Å². The molecule has 4 rings (SSSR count). The fourth-order valence-electron chi connectivity index (χ4n) is 3.90. The van der Waals surface area contributed by atoms with E-state index in [1.54, 1.807) is 43.6 Å². The van der Waals surface area contributed by atoms with Gasteiger partial charge in [0.15, 0.2) is 0 Å². The van der Waals surface area contributed by atoms with Gasteiger partial charge in [0, 0.05) is 18.7 Å². The highest BCUT2D eigenvalue weighted by atomic mass is 16.6. The summed E-state index contributed by atoms with van der Waals surface area (Å²) in [6.07, 6.45) is 5.94. The van der Waals surface area contributed by atoms with Crippen LogP contribution in [0.3, 0.4) is 0 Å². The molecular weight excluding hydrogens is 416 g/mol. The zero-order chi connectivity index (χ0) is 23.0. The number of amides is 1. The maximum atomic E-state index is 12.5. The van der Waals surface area contributed by atoms with Crippen molar-refractivity contribution in [2.75, 3.05) is 30.4 Å². The van der Waals surface area contributed by atoms with Gasteiger partial charge in [-0.15, -0.1) is 0 Å². The van der Waals surface area contributed by atoms with Gasteiger partial charge in [-0.05, 0) is 60.9 Å². The van der Waals surface area contributed by atoms with Crippen LogP contribution in [0.1, 0.15) is 31.2 Å². The molecule has 1 aliphatic heterocycles. The van der Waals surface area contributed by atoms with Crippen molar-refractivity contribution in [2.24, 2.45) is 0 Å². The zero-order valence-electron chi connectivity index (χ0n) is 18.6. The topological polar surface area (TPSA) is 87.5 Å². The Kier molecular flexibility index (Phi) is 7.06. The summed E-state index contributed by atoms with van der Waals surface area (Å²) in [5, 5.41) is 11.7. The number of hydrogen-bond donors (Lipinski definition) is 1. The van der Waals surface area contributed by atoms with Crippen LogP contribution in [0, 0.1) is 11.3 Å². The van der Waals surface area contributed by atoms with Gasteiger partial charge in [-0.25, -0.2) is 9.78 Å². The first kappa shape index (κ1) is 22.2. The summed E-state index contributed by atoms with van der Waals surface area (Å²) in [6.45, 7) is 2.03. The zero-order valence-corrected chi connectivity index (χ0v) is 18.6. The molecule has 0 bridgehead atoms. The lowest BCUT2D eigenvalue weighted by Crippen LogP contribution is -2.25. The van der Waals surface area contributed by atoms with E-state index >= 15 is 0 Å². The Morgan fingerprint density at radius 2 is 1.79 bits per heavy atom. The second kappa shape index (κ2) is 10.5. The molecule has 1 N–H and O–H groups in total. The van der Waals surface area contributed by atoms with Crippen LogP contribution in [0.25, 0.3) is 11.1 Å². The van der Waals surface area contributed by atoms with Gasteiger partial charge in [-0.1, -0.05) is 25.0 Å². The Hall–Kier alpha value is -4.05. The minimum Gasteiger partial charge on any atom is -0.496 e. The Labute approximate surface area is 193 Å². The van der Waals surface area contributed by atoms with Crippen molar-refractivity contribution in [3.8, 4) is 28.7 Å². The van der Waals surface area contributed by atoms with Crippen LogP contribution >= 0.6 is 0 Å². The number of nitrogens with one attached hydrogen (secondary N) is 1. The molecule has 7 nitrogen and oxygen atoms in total. The molecule has 33 heavy (non-hydrogen) atoms. The standard InChI is InChI=1S/C26H26N4O3/c1-32-24-12-11-22(16-23(24)20-8-6-19(17-27)7-9-20)33-26(31)29-21-10-13-25(28-18-21)30-14-4-2-3-5-15-30/h6-13,16,18H,2-5,14-15H2,1H3,(H,29,31). The minimum absolute atomic E-state index is 0.377. The van der Waals surface area contributed by atoms with Gasteiger partial charge in [0.25, 0.3) is 0 Å². The number of aromatic nitrogens is 1. The summed E-state index contributed by atoms with van der Waals surface area (Å²) in [4.78, 5) is 19.3. The first-order valence-corrected chi connectivity index (χ1v) is 11.0. The largest absolute Gasteiger partial charge is 0.496 e. The molecule has 0 atom stereocenters. The molecule has 0 saturated carbocycles. The third-order valence-electron chi connectivity index (χ3n) is 5.63. The van der Waals surface area contributed by atoms with E-state index in [1.807, 2.05) is 24.3 Å². The van der Waals surface area contributed by atoms with E-state index in [0.29, 0.717) is 22.7 Å². The molecule has 1 fully saturated rings. The molecule has 168 valence electrons. The van der Waals surface area contributed by atoms with Crippen LogP contribution < -0.4 is 19.7 Å². The molecule has 1 saturated heterocycles. The number of anilines is 2. The maximum absolute atomic E-state index is 12.5. The van der Waals surface area contributed by atoms with Gasteiger partial charge in [-0.2, -0.15) is 5.26 Å². The van der Waals surface area contributed by atoms with Crippen molar-refractivity contribution in [1.29, 1.82) is 5.26 Å². The van der Waals surface area contributed by atoms with Gasteiger partial charge in [0.1, 0.15) is 17.3 Å². The lowest BCUT2D eigenvalue weighted by Gasteiger charge is -2.21. The third kappa shape index (κ3) is 5.60. The van der Waals surface area contributed by atoms with Crippen molar-refractivity contribution in [3.05, 3.63) is 66.4 Å². The van der Waals surface area contributed by atoms with Gasteiger partial charge in [-0.3, -0.25) is 5.32 Å². The number of carbonyl (C=O) groups is 1. The van der Waals surface area contributed by atoms with E-state index in [-0.39, 0.29) is 0 Å². The molecule has 1 aromatic heterocycles. The smallest absolute Gasteiger partial charge is 0.417 e. The van der Waals surface area contributed by atoms with Crippen molar-refractivity contribution in [1.82, 2.24) is 4.98 Å². The number of pyridine rings is 1. The van der Waals surface area contributed by atoms with Gasteiger partial charge in [0.05, 0.1) is 30.6 Å². The Morgan fingerprint density at radius 1 is 1.03 bits per heavy atom. The van der Waals surface area contributed by atoms with Crippen molar-refractivity contribution >= 4 is 17.6 Å². The van der Waals surface area contributed by atoms with Crippen LogP contribution in [0.5, 0.6) is 11.5 Å². The van der Waals surface area contributed by atoms with Crippen LogP contribution in [0.2, 0.25) is 0 Å². The van der Waals surface area contributed by atoms with E-state index in [0.717, 1.165) is 30.0 Å². The fourth-order valence-corrected chi connectivity index (χ4v) is 3.90. The van der Waals surface area contributed by atoms with E-state index in [2.05, 4.69) is 21.3 Å². The Balaban J connectivity index is 1.43. The van der Waals surface area contributed by atoms with Crippen molar-refractivity contribution in [2.45, 2.75) is 25.7 Å².